The second-order valence-corrected chi connectivity index (χ2v) is 7.46. The van der Waals surface area contributed by atoms with E-state index in [4.69, 9.17) is 4.42 Å². The Kier molecular flexibility index (Phi) is 6.79. The van der Waals surface area contributed by atoms with Gasteiger partial charge < -0.3 is 9.73 Å². The number of nitrogens with one attached hydrogen (secondary N) is 2. The number of allylic oxidation sites excluding steroid dienone is 2. The highest BCUT2D eigenvalue weighted by Crippen LogP contribution is 2.26. The molecule has 3 rings (SSSR count). The van der Waals surface area contributed by atoms with Crippen molar-refractivity contribution in [2.75, 3.05) is 5.32 Å². The second-order valence-electron chi connectivity index (χ2n) is 7.46. The molecule has 0 saturated heterocycles. The zero-order valence-corrected chi connectivity index (χ0v) is 17.0. The molecule has 2 aromatic rings. The van der Waals surface area contributed by atoms with Crippen LogP contribution >= 0.6 is 0 Å². The first kappa shape index (κ1) is 21.2. The molecule has 0 saturated carbocycles. The Labute approximate surface area is 169 Å². The zero-order chi connectivity index (χ0) is 21.0. The van der Waals surface area contributed by atoms with Crippen molar-refractivity contribution in [2.24, 2.45) is 0 Å². The molecule has 2 N–H and O–H groups in total. The molecule has 0 radical (unpaired) electrons. The smallest absolute Gasteiger partial charge is 0.301 e. The van der Waals surface area contributed by atoms with Gasteiger partial charge in [-0.1, -0.05) is 19.4 Å². The van der Waals surface area contributed by atoms with Gasteiger partial charge in [-0.05, 0) is 62.3 Å². The van der Waals surface area contributed by atoms with Gasteiger partial charge in [-0.3, -0.25) is 10.1 Å². The van der Waals surface area contributed by atoms with Crippen LogP contribution < -0.4 is 10.6 Å². The maximum atomic E-state index is 14.2. The van der Waals surface area contributed by atoms with Crippen molar-refractivity contribution in [3.63, 3.8) is 0 Å². The number of amides is 1. The molecule has 0 spiro atoms. The van der Waals surface area contributed by atoms with Gasteiger partial charge in [0.05, 0.1) is 12.2 Å². The van der Waals surface area contributed by atoms with Crippen molar-refractivity contribution in [1.29, 1.82) is 0 Å². The number of hydrogen-bond acceptors (Lipinski definition) is 4. The van der Waals surface area contributed by atoms with Crippen LogP contribution in [0.25, 0.3) is 5.57 Å². The summed E-state index contributed by atoms with van der Waals surface area (Å²) in [5.41, 5.74) is 2.18. The molecule has 5 nitrogen and oxygen atoms in total. The van der Waals surface area contributed by atoms with Crippen molar-refractivity contribution < 1.29 is 18.0 Å². The molecule has 0 fully saturated rings. The Hall–Kier alpha value is -2.54. The van der Waals surface area contributed by atoms with Crippen LogP contribution in [0.15, 0.2) is 28.8 Å². The SMILES string of the molecule is CC=C(C)c1cnc(NC(=O)C(CCC)NC2CCc3cc(F)cc(F)c3C2)o1. The number of halogens is 2. The van der Waals surface area contributed by atoms with Gasteiger partial charge in [-0.15, -0.1) is 0 Å². The van der Waals surface area contributed by atoms with Gasteiger partial charge in [-0.25, -0.2) is 13.8 Å². The van der Waals surface area contributed by atoms with Crippen LogP contribution in [-0.4, -0.2) is 23.0 Å². The summed E-state index contributed by atoms with van der Waals surface area (Å²) in [6.07, 6.45) is 6.64. The third-order valence-corrected chi connectivity index (χ3v) is 5.35. The van der Waals surface area contributed by atoms with Crippen LogP contribution in [-0.2, 0) is 17.6 Å². The summed E-state index contributed by atoms with van der Waals surface area (Å²) < 4.78 is 33.2. The van der Waals surface area contributed by atoms with E-state index in [9.17, 15) is 13.6 Å². The fourth-order valence-electron chi connectivity index (χ4n) is 3.64. The number of nitrogens with zero attached hydrogens (tertiary/aromatic N) is 1. The molecule has 0 aliphatic heterocycles. The lowest BCUT2D eigenvalue weighted by molar-refractivity contribution is -0.118. The Balaban J connectivity index is 1.66. The van der Waals surface area contributed by atoms with Gasteiger partial charge in [0.2, 0.25) is 5.91 Å². The van der Waals surface area contributed by atoms with E-state index in [0.29, 0.717) is 42.6 Å². The van der Waals surface area contributed by atoms with Crippen molar-refractivity contribution in [1.82, 2.24) is 10.3 Å². The fourth-order valence-corrected chi connectivity index (χ4v) is 3.64. The third-order valence-electron chi connectivity index (χ3n) is 5.35. The topological polar surface area (TPSA) is 67.2 Å². The third kappa shape index (κ3) is 5.09. The van der Waals surface area contributed by atoms with E-state index in [1.54, 1.807) is 6.20 Å². The van der Waals surface area contributed by atoms with Crippen molar-refractivity contribution in [3.8, 4) is 0 Å². The lowest BCUT2D eigenvalue weighted by atomic mass is 9.87. The Bertz CT molecular complexity index is 907. The maximum Gasteiger partial charge on any atom is 0.301 e. The van der Waals surface area contributed by atoms with E-state index >= 15 is 0 Å². The number of hydrogen-bond donors (Lipinski definition) is 2. The lowest BCUT2D eigenvalue weighted by Crippen LogP contribution is -2.48. The van der Waals surface area contributed by atoms with E-state index in [1.807, 2.05) is 26.8 Å². The summed E-state index contributed by atoms with van der Waals surface area (Å²) in [5.74, 6) is -0.692. The molecular weight excluding hydrogens is 376 g/mol. The van der Waals surface area contributed by atoms with Gasteiger partial charge in [0, 0.05) is 12.1 Å². The summed E-state index contributed by atoms with van der Waals surface area (Å²) in [5, 5.41) is 6.07. The quantitative estimate of drug-likeness (QED) is 0.707. The van der Waals surface area contributed by atoms with Crippen LogP contribution in [0, 0.1) is 11.6 Å². The highest BCUT2D eigenvalue weighted by atomic mass is 19.1. The van der Waals surface area contributed by atoms with E-state index < -0.39 is 17.7 Å². The van der Waals surface area contributed by atoms with Crippen LogP contribution in [0.1, 0.15) is 56.9 Å². The predicted molar refractivity (Wildman–Crippen MR) is 108 cm³/mol. The molecule has 1 aromatic carbocycles. The summed E-state index contributed by atoms with van der Waals surface area (Å²) in [7, 11) is 0. The Morgan fingerprint density at radius 1 is 1.41 bits per heavy atom. The number of aromatic nitrogens is 1. The fraction of sp³-hybridized carbons (Fsp3) is 0.455. The number of carbonyl (C=O) groups is 1. The van der Waals surface area contributed by atoms with Gasteiger partial charge in [0.25, 0.3) is 0 Å². The number of carbonyl (C=O) groups excluding carboxylic acids is 1. The first-order chi connectivity index (χ1) is 13.9. The molecule has 1 aliphatic carbocycles. The number of anilines is 1. The summed E-state index contributed by atoms with van der Waals surface area (Å²) >= 11 is 0. The number of rotatable bonds is 7. The van der Waals surface area contributed by atoms with E-state index in [2.05, 4.69) is 15.6 Å². The van der Waals surface area contributed by atoms with Gasteiger partial charge in [-0.2, -0.15) is 0 Å². The Morgan fingerprint density at radius 3 is 2.93 bits per heavy atom. The van der Waals surface area contributed by atoms with E-state index in [-0.39, 0.29) is 18.0 Å². The molecular formula is C22H27F2N3O2. The molecule has 2 unspecified atom stereocenters. The molecule has 1 heterocycles. The average molecular weight is 403 g/mol. The van der Waals surface area contributed by atoms with Crippen LogP contribution in [0.4, 0.5) is 14.8 Å². The van der Waals surface area contributed by atoms with Gasteiger partial charge in [0.15, 0.2) is 5.76 Å². The minimum absolute atomic E-state index is 0.0600. The van der Waals surface area contributed by atoms with Gasteiger partial charge >= 0.3 is 6.01 Å². The molecule has 1 aliphatic rings. The molecule has 1 amide bonds. The second kappa shape index (κ2) is 9.31. The highest BCUT2D eigenvalue weighted by molar-refractivity contribution is 5.93. The van der Waals surface area contributed by atoms with Crippen molar-refractivity contribution in [2.45, 2.75) is 65.0 Å². The normalized spacial score (nSPS) is 17.7. The number of oxazole rings is 1. The van der Waals surface area contributed by atoms with Gasteiger partial charge in [0.1, 0.15) is 11.6 Å². The van der Waals surface area contributed by atoms with Crippen LogP contribution in [0.5, 0.6) is 0 Å². The highest BCUT2D eigenvalue weighted by Gasteiger charge is 2.27. The first-order valence-electron chi connectivity index (χ1n) is 10.0. The average Bonchev–Trinajstić information content (AvgIpc) is 3.15. The maximum absolute atomic E-state index is 14.2. The number of benzene rings is 1. The summed E-state index contributed by atoms with van der Waals surface area (Å²) in [6.45, 7) is 5.80. The summed E-state index contributed by atoms with van der Waals surface area (Å²) in [4.78, 5) is 16.9. The van der Waals surface area contributed by atoms with Crippen molar-refractivity contribution in [3.05, 3.63) is 52.9 Å². The molecule has 7 heteroatoms. The minimum Gasteiger partial charge on any atom is -0.424 e. The molecule has 1 aromatic heterocycles. The summed E-state index contributed by atoms with van der Waals surface area (Å²) in [6, 6.07) is 1.97. The van der Waals surface area contributed by atoms with Crippen LogP contribution in [0.2, 0.25) is 0 Å². The van der Waals surface area contributed by atoms with E-state index in [0.717, 1.165) is 18.1 Å². The Morgan fingerprint density at radius 2 is 2.21 bits per heavy atom. The first-order valence-corrected chi connectivity index (χ1v) is 10.0. The van der Waals surface area contributed by atoms with Crippen LogP contribution in [0.3, 0.4) is 0 Å². The monoisotopic (exact) mass is 403 g/mol. The molecule has 156 valence electrons. The molecule has 0 bridgehead atoms. The largest absolute Gasteiger partial charge is 0.424 e. The molecule has 2 atom stereocenters. The van der Waals surface area contributed by atoms with E-state index in [1.165, 1.54) is 6.07 Å². The number of aryl methyl sites for hydroxylation is 1. The zero-order valence-electron chi connectivity index (χ0n) is 17.0. The minimum atomic E-state index is -0.547. The van der Waals surface area contributed by atoms with Crippen molar-refractivity contribution >= 4 is 17.5 Å². The molecule has 29 heavy (non-hydrogen) atoms. The predicted octanol–water partition coefficient (Wildman–Crippen LogP) is 4.63. The number of fused-ring (bicyclic) bond motifs is 1. The standard InChI is InChI=1S/C22H27F2N3O2/c1-4-6-19(21(28)27-22-25-12-20(29-22)13(3)5-2)26-16-8-7-14-9-15(23)10-18(24)17(14)11-16/h5,9-10,12,16,19,26H,4,6-8,11H2,1-3H3,(H,25,27,28). The lowest BCUT2D eigenvalue weighted by Gasteiger charge is -2.29.